The molecular formula is C21H22N2O5S. The van der Waals surface area contributed by atoms with E-state index < -0.39 is 5.97 Å². The number of rotatable bonds is 10. The summed E-state index contributed by atoms with van der Waals surface area (Å²) >= 11 is 1.54. The Hall–Kier alpha value is -3.13. The van der Waals surface area contributed by atoms with Gasteiger partial charge in [-0.3, -0.25) is 0 Å². The van der Waals surface area contributed by atoms with E-state index in [1.54, 1.807) is 6.08 Å². The van der Waals surface area contributed by atoms with Crippen LogP contribution in [0, 0.1) is 0 Å². The van der Waals surface area contributed by atoms with Gasteiger partial charge >= 0.3 is 5.97 Å². The number of carbonyl (C=O) groups is 1. The third-order valence-electron chi connectivity index (χ3n) is 3.72. The quantitative estimate of drug-likeness (QED) is 0.350. The first-order chi connectivity index (χ1) is 14.2. The van der Waals surface area contributed by atoms with Crippen LogP contribution >= 0.6 is 11.3 Å². The molecule has 0 aliphatic rings. The van der Waals surface area contributed by atoms with Crippen LogP contribution in [0.25, 0.3) is 17.5 Å². The third-order valence-corrected chi connectivity index (χ3v) is 4.40. The first kappa shape index (κ1) is 20.6. The zero-order valence-electron chi connectivity index (χ0n) is 16.3. The van der Waals surface area contributed by atoms with Gasteiger partial charge in [0.15, 0.2) is 18.1 Å². The second-order valence-electron chi connectivity index (χ2n) is 5.96. The van der Waals surface area contributed by atoms with E-state index >= 15 is 0 Å². The molecule has 0 fully saturated rings. The van der Waals surface area contributed by atoms with Crippen molar-refractivity contribution < 1.29 is 23.5 Å². The molecule has 0 spiro atoms. The van der Waals surface area contributed by atoms with Gasteiger partial charge in [-0.1, -0.05) is 18.1 Å². The number of hydrogen-bond donors (Lipinski definition) is 0. The summed E-state index contributed by atoms with van der Waals surface area (Å²) in [5.74, 6) is 1.54. The zero-order valence-corrected chi connectivity index (χ0v) is 17.1. The minimum atomic E-state index is -0.504. The molecule has 0 bridgehead atoms. The summed E-state index contributed by atoms with van der Waals surface area (Å²) in [6, 6.07) is 7.39. The molecule has 0 N–H and O–H groups in total. The number of carbonyl (C=O) groups excluding carboxylic acids is 1. The average molecular weight is 414 g/mol. The maximum Gasteiger partial charge on any atom is 0.331 e. The fourth-order valence-electron chi connectivity index (χ4n) is 2.39. The van der Waals surface area contributed by atoms with Gasteiger partial charge in [-0.05, 0) is 48.6 Å². The van der Waals surface area contributed by atoms with E-state index in [9.17, 15) is 4.79 Å². The van der Waals surface area contributed by atoms with Crippen LogP contribution in [0.1, 0.15) is 31.7 Å². The van der Waals surface area contributed by atoms with Crippen molar-refractivity contribution in [2.75, 3.05) is 13.2 Å². The summed E-state index contributed by atoms with van der Waals surface area (Å²) in [6.45, 7) is 5.03. The molecule has 0 aliphatic carbocycles. The lowest BCUT2D eigenvalue weighted by Crippen LogP contribution is -2.02. The van der Waals surface area contributed by atoms with Gasteiger partial charge in [0.05, 0.1) is 18.8 Å². The van der Waals surface area contributed by atoms with E-state index in [4.69, 9.17) is 18.7 Å². The van der Waals surface area contributed by atoms with Gasteiger partial charge < -0.3 is 18.7 Å². The lowest BCUT2D eigenvalue weighted by atomic mass is 10.2. The van der Waals surface area contributed by atoms with E-state index in [0.29, 0.717) is 36.4 Å². The van der Waals surface area contributed by atoms with Crippen LogP contribution in [-0.2, 0) is 16.1 Å². The lowest BCUT2D eigenvalue weighted by Gasteiger charge is -2.11. The van der Waals surface area contributed by atoms with Crippen molar-refractivity contribution in [1.82, 2.24) is 10.1 Å². The van der Waals surface area contributed by atoms with E-state index in [2.05, 4.69) is 10.1 Å². The van der Waals surface area contributed by atoms with Crippen LogP contribution < -0.4 is 9.47 Å². The molecule has 0 unspecified atom stereocenters. The van der Waals surface area contributed by atoms with Crippen molar-refractivity contribution >= 4 is 23.4 Å². The first-order valence-corrected chi connectivity index (χ1v) is 10.2. The Morgan fingerprint density at radius 2 is 2.10 bits per heavy atom. The number of nitrogens with zero attached hydrogens (tertiary/aromatic N) is 2. The molecule has 2 heterocycles. The summed E-state index contributed by atoms with van der Waals surface area (Å²) in [4.78, 5) is 16.2. The summed E-state index contributed by atoms with van der Waals surface area (Å²) in [5.41, 5.74) is 1.64. The van der Waals surface area contributed by atoms with E-state index in [1.165, 1.54) is 17.4 Å². The highest BCUT2D eigenvalue weighted by Crippen LogP contribution is 2.29. The Labute approximate surface area is 172 Å². The highest BCUT2D eigenvalue weighted by atomic mass is 32.1. The highest BCUT2D eigenvalue weighted by molar-refractivity contribution is 7.08. The number of esters is 1. The van der Waals surface area contributed by atoms with Crippen LogP contribution in [-0.4, -0.2) is 29.3 Å². The fraction of sp³-hybridized carbons (Fsp3) is 0.286. The van der Waals surface area contributed by atoms with Crippen molar-refractivity contribution in [1.29, 1.82) is 0 Å². The van der Waals surface area contributed by atoms with E-state index in [0.717, 1.165) is 17.5 Å². The molecule has 2 aromatic heterocycles. The van der Waals surface area contributed by atoms with Crippen LogP contribution in [0.5, 0.6) is 11.5 Å². The molecule has 0 amide bonds. The Balaban J connectivity index is 1.56. The maximum absolute atomic E-state index is 12.0. The number of ether oxygens (including phenoxy) is 3. The SMILES string of the molecule is CCCOc1ccc(/C=C/C(=O)OCc2noc(-c3ccsc3)n2)cc1OCC. The highest BCUT2D eigenvalue weighted by Gasteiger charge is 2.10. The van der Waals surface area contributed by atoms with Gasteiger partial charge in [-0.25, -0.2) is 4.79 Å². The zero-order chi connectivity index (χ0) is 20.5. The number of aromatic nitrogens is 2. The van der Waals surface area contributed by atoms with Gasteiger partial charge in [0.25, 0.3) is 5.89 Å². The molecule has 29 heavy (non-hydrogen) atoms. The van der Waals surface area contributed by atoms with Crippen molar-refractivity contribution in [3.63, 3.8) is 0 Å². The van der Waals surface area contributed by atoms with Crippen LogP contribution in [0.3, 0.4) is 0 Å². The molecular weight excluding hydrogens is 392 g/mol. The van der Waals surface area contributed by atoms with Gasteiger partial charge in [-0.2, -0.15) is 16.3 Å². The molecule has 3 aromatic rings. The number of thiophene rings is 1. The topological polar surface area (TPSA) is 83.7 Å². The normalized spacial score (nSPS) is 11.0. The fourth-order valence-corrected chi connectivity index (χ4v) is 3.02. The molecule has 0 aliphatic heterocycles. The Bertz CT molecular complexity index is 950. The van der Waals surface area contributed by atoms with Crippen molar-refractivity contribution in [3.8, 4) is 23.0 Å². The Kier molecular flexibility index (Phi) is 7.40. The average Bonchev–Trinajstić information content (AvgIpc) is 3.42. The first-order valence-electron chi connectivity index (χ1n) is 9.29. The minimum Gasteiger partial charge on any atom is -0.490 e. The molecule has 152 valence electrons. The number of benzene rings is 1. The van der Waals surface area contributed by atoms with Crippen molar-refractivity contribution in [3.05, 3.63) is 52.5 Å². The summed E-state index contributed by atoms with van der Waals surface area (Å²) in [6.07, 6.45) is 3.91. The smallest absolute Gasteiger partial charge is 0.331 e. The van der Waals surface area contributed by atoms with Gasteiger partial charge in [0.1, 0.15) is 0 Å². The summed E-state index contributed by atoms with van der Waals surface area (Å²) < 4.78 is 21.6. The van der Waals surface area contributed by atoms with Gasteiger partial charge in [0, 0.05) is 11.5 Å². The van der Waals surface area contributed by atoms with E-state index in [-0.39, 0.29) is 6.61 Å². The summed E-state index contributed by atoms with van der Waals surface area (Å²) in [7, 11) is 0. The Morgan fingerprint density at radius 1 is 1.21 bits per heavy atom. The minimum absolute atomic E-state index is 0.0647. The van der Waals surface area contributed by atoms with Gasteiger partial charge in [0.2, 0.25) is 5.82 Å². The number of hydrogen-bond acceptors (Lipinski definition) is 8. The molecule has 0 saturated heterocycles. The van der Waals surface area contributed by atoms with Crippen LogP contribution in [0.15, 0.2) is 45.6 Å². The molecule has 0 radical (unpaired) electrons. The molecule has 3 rings (SSSR count). The van der Waals surface area contributed by atoms with Crippen molar-refractivity contribution in [2.24, 2.45) is 0 Å². The molecule has 0 atom stereocenters. The monoisotopic (exact) mass is 414 g/mol. The second-order valence-corrected chi connectivity index (χ2v) is 6.74. The predicted molar refractivity (Wildman–Crippen MR) is 110 cm³/mol. The molecule has 0 saturated carbocycles. The molecule has 7 nitrogen and oxygen atoms in total. The largest absolute Gasteiger partial charge is 0.490 e. The maximum atomic E-state index is 12.0. The third kappa shape index (κ3) is 5.92. The van der Waals surface area contributed by atoms with E-state index in [1.807, 2.05) is 48.9 Å². The lowest BCUT2D eigenvalue weighted by molar-refractivity contribution is -0.139. The standard InChI is InChI=1S/C21H22N2O5S/c1-3-10-26-17-7-5-15(12-18(17)25-4-2)6-8-20(24)27-13-19-22-21(28-23-19)16-9-11-29-14-16/h5-9,11-12,14H,3-4,10,13H2,1-2H3/b8-6+. The van der Waals surface area contributed by atoms with Crippen molar-refractivity contribution in [2.45, 2.75) is 26.9 Å². The Morgan fingerprint density at radius 3 is 2.86 bits per heavy atom. The van der Waals surface area contributed by atoms with Gasteiger partial charge in [-0.15, -0.1) is 0 Å². The summed E-state index contributed by atoms with van der Waals surface area (Å²) in [5, 5.41) is 7.64. The molecule has 1 aromatic carbocycles. The second kappa shape index (κ2) is 10.4. The van der Waals surface area contributed by atoms with Crippen LogP contribution in [0.4, 0.5) is 0 Å². The molecule has 8 heteroatoms. The predicted octanol–water partition coefficient (Wildman–Crippen LogP) is 4.74. The van der Waals surface area contributed by atoms with Crippen LogP contribution in [0.2, 0.25) is 0 Å².